The Kier molecular flexibility index (Phi) is 9.48. The van der Waals surface area contributed by atoms with Gasteiger partial charge in [0.05, 0.1) is 0 Å². The third-order valence-corrected chi connectivity index (χ3v) is 4.28. The lowest BCUT2D eigenvalue weighted by molar-refractivity contribution is 0.138. The lowest BCUT2D eigenvalue weighted by Gasteiger charge is -2.32. The number of piperazine rings is 1. The van der Waals surface area contributed by atoms with Crippen molar-refractivity contribution in [3.8, 4) is 0 Å². The van der Waals surface area contributed by atoms with Gasteiger partial charge >= 0.3 is 0 Å². The summed E-state index contributed by atoms with van der Waals surface area (Å²) in [6.45, 7) is 9.54. The van der Waals surface area contributed by atoms with Crippen molar-refractivity contribution in [3.05, 3.63) is 0 Å². The molecule has 0 N–H and O–H groups in total. The van der Waals surface area contributed by atoms with Crippen molar-refractivity contribution in [3.63, 3.8) is 0 Å². The molecule has 0 aromatic heterocycles. The van der Waals surface area contributed by atoms with Crippen molar-refractivity contribution in [2.45, 2.75) is 45.4 Å². The molecule has 1 heterocycles. The Morgan fingerprint density at radius 3 is 2.37 bits per heavy atom. The molecule has 114 valence electrons. The van der Waals surface area contributed by atoms with Crippen LogP contribution in [-0.4, -0.2) is 63.3 Å². The van der Waals surface area contributed by atoms with Gasteiger partial charge in [-0.1, -0.05) is 26.2 Å². The first-order valence-corrected chi connectivity index (χ1v) is 8.16. The number of methoxy groups -OCH3 is 1. The van der Waals surface area contributed by atoms with E-state index in [4.69, 9.17) is 4.74 Å². The van der Waals surface area contributed by atoms with Gasteiger partial charge in [-0.15, -0.1) is 0 Å². The molecule has 0 aliphatic carbocycles. The molecule has 0 bridgehead atoms. The van der Waals surface area contributed by atoms with Gasteiger partial charge in [0, 0.05) is 39.9 Å². The monoisotopic (exact) mass is 270 g/mol. The second-order valence-electron chi connectivity index (χ2n) is 6.10. The summed E-state index contributed by atoms with van der Waals surface area (Å²) >= 11 is 0. The molecular formula is C16H34N2O. The van der Waals surface area contributed by atoms with Crippen molar-refractivity contribution in [2.75, 3.05) is 53.5 Å². The van der Waals surface area contributed by atoms with E-state index in [2.05, 4.69) is 23.8 Å². The summed E-state index contributed by atoms with van der Waals surface area (Å²) in [5.74, 6) is 0.790. The Morgan fingerprint density at radius 2 is 1.74 bits per heavy atom. The van der Waals surface area contributed by atoms with Crippen LogP contribution in [0.3, 0.4) is 0 Å². The fourth-order valence-corrected chi connectivity index (χ4v) is 2.97. The van der Waals surface area contributed by atoms with E-state index in [-0.39, 0.29) is 0 Å². The van der Waals surface area contributed by atoms with Crippen LogP contribution in [0.4, 0.5) is 0 Å². The van der Waals surface area contributed by atoms with Crippen LogP contribution in [0, 0.1) is 5.92 Å². The second kappa shape index (κ2) is 10.6. The summed E-state index contributed by atoms with van der Waals surface area (Å²) in [6.07, 6.45) is 8.10. The maximum absolute atomic E-state index is 5.31. The van der Waals surface area contributed by atoms with E-state index in [1.807, 2.05) is 7.11 Å². The summed E-state index contributed by atoms with van der Waals surface area (Å²) in [5.41, 5.74) is 0. The zero-order chi connectivity index (χ0) is 13.9. The predicted octanol–water partition coefficient (Wildman–Crippen LogP) is 2.86. The molecule has 0 radical (unpaired) electrons. The van der Waals surface area contributed by atoms with Crippen LogP contribution < -0.4 is 0 Å². The largest absolute Gasteiger partial charge is 0.384 e. The smallest absolute Gasteiger partial charge is 0.0490 e. The van der Waals surface area contributed by atoms with E-state index < -0.39 is 0 Å². The van der Waals surface area contributed by atoms with E-state index in [1.54, 1.807) is 0 Å². The highest BCUT2D eigenvalue weighted by Crippen LogP contribution is 2.16. The number of ether oxygens (including phenoxy) is 1. The Hall–Kier alpha value is -0.120. The molecule has 1 fully saturated rings. The molecule has 0 spiro atoms. The topological polar surface area (TPSA) is 15.7 Å². The van der Waals surface area contributed by atoms with Crippen LogP contribution in [0.2, 0.25) is 0 Å². The maximum Gasteiger partial charge on any atom is 0.0490 e. The molecule has 0 unspecified atom stereocenters. The molecule has 1 atom stereocenters. The van der Waals surface area contributed by atoms with Gasteiger partial charge in [0.25, 0.3) is 0 Å². The minimum atomic E-state index is 0.790. The van der Waals surface area contributed by atoms with Gasteiger partial charge in [0.15, 0.2) is 0 Å². The van der Waals surface area contributed by atoms with E-state index in [1.165, 1.54) is 71.2 Å². The maximum atomic E-state index is 5.31. The molecular weight excluding hydrogens is 236 g/mol. The first kappa shape index (κ1) is 16.9. The average Bonchev–Trinajstić information content (AvgIpc) is 2.41. The van der Waals surface area contributed by atoms with Crippen LogP contribution in [0.5, 0.6) is 0 Å². The molecule has 0 amide bonds. The number of likely N-dealkylation sites (N-methyl/N-ethyl adjacent to an activating group) is 1. The van der Waals surface area contributed by atoms with Crippen LogP contribution in [0.1, 0.15) is 45.4 Å². The second-order valence-corrected chi connectivity index (χ2v) is 6.10. The number of unbranched alkanes of at least 4 members (excludes halogenated alkanes) is 2. The highest BCUT2D eigenvalue weighted by atomic mass is 16.5. The van der Waals surface area contributed by atoms with Crippen molar-refractivity contribution in [2.24, 2.45) is 5.92 Å². The zero-order valence-electron chi connectivity index (χ0n) is 13.4. The SMILES string of the molecule is CCC[C@@H](CCCCCN1CCN(C)CC1)COC. The Labute approximate surface area is 120 Å². The summed E-state index contributed by atoms with van der Waals surface area (Å²) in [7, 11) is 4.05. The van der Waals surface area contributed by atoms with Crippen LogP contribution in [0.25, 0.3) is 0 Å². The summed E-state index contributed by atoms with van der Waals surface area (Å²) in [5, 5.41) is 0. The van der Waals surface area contributed by atoms with Crippen molar-refractivity contribution in [1.82, 2.24) is 9.80 Å². The third-order valence-electron chi connectivity index (χ3n) is 4.28. The number of hydrogen-bond donors (Lipinski definition) is 0. The number of hydrogen-bond acceptors (Lipinski definition) is 3. The Morgan fingerprint density at radius 1 is 1.00 bits per heavy atom. The molecule has 0 saturated carbocycles. The molecule has 1 rings (SSSR count). The molecule has 3 nitrogen and oxygen atoms in total. The zero-order valence-corrected chi connectivity index (χ0v) is 13.4. The molecule has 0 aromatic carbocycles. The van der Waals surface area contributed by atoms with Gasteiger partial charge in [-0.25, -0.2) is 0 Å². The van der Waals surface area contributed by atoms with Gasteiger partial charge < -0.3 is 14.5 Å². The minimum absolute atomic E-state index is 0.790. The molecule has 1 aliphatic heterocycles. The van der Waals surface area contributed by atoms with E-state index in [0.717, 1.165) is 12.5 Å². The number of nitrogens with zero attached hydrogens (tertiary/aromatic N) is 2. The summed E-state index contributed by atoms with van der Waals surface area (Å²) in [6, 6.07) is 0. The van der Waals surface area contributed by atoms with Gasteiger partial charge in [-0.05, 0) is 38.8 Å². The first-order valence-electron chi connectivity index (χ1n) is 8.16. The average molecular weight is 270 g/mol. The third kappa shape index (κ3) is 7.91. The summed E-state index contributed by atoms with van der Waals surface area (Å²) in [4.78, 5) is 5.05. The highest BCUT2D eigenvalue weighted by molar-refractivity contribution is 4.69. The predicted molar refractivity (Wildman–Crippen MR) is 82.7 cm³/mol. The number of rotatable bonds is 10. The van der Waals surface area contributed by atoms with Crippen molar-refractivity contribution < 1.29 is 4.74 Å². The normalized spacial score (nSPS) is 19.7. The van der Waals surface area contributed by atoms with E-state index in [0.29, 0.717) is 0 Å². The van der Waals surface area contributed by atoms with Gasteiger partial charge in [0.1, 0.15) is 0 Å². The van der Waals surface area contributed by atoms with Crippen molar-refractivity contribution >= 4 is 0 Å². The molecule has 19 heavy (non-hydrogen) atoms. The standard InChI is InChI=1S/C16H34N2O/c1-4-8-16(15-19-3)9-6-5-7-10-18-13-11-17(2)12-14-18/h16H,4-15H2,1-3H3/t16-/m0/s1. The molecule has 1 saturated heterocycles. The fraction of sp³-hybridized carbons (Fsp3) is 1.00. The molecule has 1 aliphatic rings. The van der Waals surface area contributed by atoms with Crippen molar-refractivity contribution in [1.29, 1.82) is 0 Å². The van der Waals surface area contributed by atoms with Gasteiger partial charge in [-0.2, -0.15) is 0 Å². The van der Waals surface area contributed by atoms with Crippen LogP contribution in [-0.2, 0) is 4.74 Å². The molecule has 3 heteroatoms. The fourth-order valence-electron chi connectivity index (χ4n) is 2.97. The highest BCUT2D eigenvalue weighted by Gasteiger charge is 2.13. The van der Waals surface area contributed by atoms with E-state index >= 15 is 0 Å². The Balaban J connectivity index is 1.97. The van der Waals surface area contributed by atoms with E-state index in [9.17, 15) is 0 Å². The first-order chi connectivity index (χ1) is 9.26. The van der Waals surface area contributed by atoms with Crippen LogP contribution >= 0.6 is 0 Å². The van der Waals surface area contributed by atoms with Gasteiger partial charge in [-0.3, -0.25) is 0 Å². The minimum Gasteiger partial charge on any atom is -0.384 e. The quantitative estimate of drug-likeness (QED) is 0.568. The summed E-state index contributed by atoms with van der Waals surface area (Å²) < 4.78 is 5.31. The Bertz CT molecular complexity index is 197. The molecule has 0 aromatic rings. The van der Waals surface area contributed by atoms with Crippen LogP contribution in [0.15, 0.2) is 0 Å². The lowest BCUT2D eigenvalue weighted by atomic mass is 9.97. The van der Waals surface area contributed by atoms with Gasteiger partial charge in [0.2, 0.25) is 0 Å². The lowest BCUT2D eigenvalue weighted by Crippen LogP contribution is -2.44.